The van der Waals surface area contributed by atoms with Gasteiger partial charge in [-0.05, 0) is 48.9 Å². The largest absolute Gasteiger partial charge is 0.493 e. The fourth-order valence-corrected chi connectivity index (χ4v) is 3.11. The third kappa shape index (κ3) is 6.46. The zero-order valence-electron chi connectivity index (χ0n) is 19.0. The molecule has 0 saturated carbocycles. The minimum Gasteiger partial charge on any atom is -0.493 e. The number of carbonyl (C=O) groups excluding carboxylic acids is 3. The van der Waals surface area contributed by atoms with Gasteiger partial charge in [0, 0.05) is 29.1 Å². The quantitative estimate of drug-likeness (QED) is 0.317. The van der Waals surface area contributed by atoms with Gasteiger partial charge in [0.05, 0.1) is 19.9 Å². The number of carbonyl (C=O) groups is 3. The second-order valence-corrected chi connectivity index (χ2v) is 7.20. The lowest BCUT2D eigenvalue weighted by Crippen LogP contribution is -2.19. The van der Waals surface area contributed by atoms with E-state index in [4.69, 9.17) is 9.47 Å². The Morgan fingerprint density at radius 3 is 1.94 bits per heavy atom. The molecular weight excluding hydrogens is 434 g/mol. The van der Waals surface area contributed by atoms with E-state index in [9.17, 15) is 14.4 Å². The van der Waals surface area contributed by atoms with Crippen LogP contribution in [0.25, 0.3) is 6.08 Å². The zero-order valence-corrected chi connectivity index (χ0v) is 19.0. The summed E-state index contributed by atoms with van der Waals surface area (Å²) in [7, 11) is 2.94. The lowest BCUT2D eigenvalue weighted by molar-refractivity contribution is -0.111. The van der Waals surface area contributed by atoms with Crippen molar-refractivity contribution in [2.45, 2.75) is 6.92 Å². The number of ether oxygens (including phenoxy) is 2. The van der Waals surface area contributed by atoms with Gasteiger partial charge in [-0.3, -0.25) is 9.59 Å². The predicted molar refractivity (Wildman–Crippen MR) is 133 cm³/mol. The van der Waals surface area contributed by atoms with Crippen molar-refractivity contribution in [2.75, 3.05) is 30.2 Å². The molecule has 0 aliphatic heterocycles. The Bertz CT molecular complexity index is 1210. The van der Waals surface area contributed by atoms with Crippen LogP contribution in [0.1, 0.15) is 22.8 Å². The van der Waals surface area contributed by atoms with Crippen LogP contribution >= 0.6 is 0 Å². The lowest BCUT2D eigenvalue weighted by atomic mass is 10.1. The van der Waals surface area contributed by atoms with Gasteiger partial charge >= 0.3 is 6.03 Å². The number of nitrogens with one attached hydrogen (secondary N) is 3. The average molecular weight is 460 g/mol. The van der Waals surface area contributed by atoms with Gasteiger partial charge in [-0.25, -0.2) is 4.79 Å². The Kier molecular flexibility index (Phi) is 8.02. The fourth-order valence-electron chi connectivity index (χ4n) is 3.11. The molecule has 174 valence electrons. The lowest BCUT2D eigenvalue weighted by Gasteiger charge is -2.13. The van der Waals surface area contributed by atoms with Crippen LogP contribution in [0.15, 0.2) is 72.8 Å². The van der Waals surface area contributed by atoms with E-state index >= 15 is 0 Å². The summed E-state index contributed by atoms with van der Waals surface area (Å²) < 4.78 is 10.5. The molecule has 0 spiro atoms. The van der Waals surface area contributed by atoms with Crippen LogP contribution in [-0.4, -0.2) is 31.9 Å². The monoisotopic (exact) mass is 459 g/mol. The molecule has 3 aromatic carbocycles. The molecule has 0 radical (unpaired) electrons. The second-order valence-electron chi connectivity index (χ2n) is 7.20. The first-order valence-electron chi connectivity index (χ1n) is 10.4. The smallest absolute Gasteiger partial charge is 0.323 e. The van der Waals surface area contributed by atoms with Crippen LogP contribution in [0.2, 0.25) is 0 Å². The molecule has 0 aliphatic rings. The van der Waals surface area contributed by atoms with E-state index in [-0.39, 0.29) is 11.8 Å². The molecule has 0 unspecified atom stereocenters. The molecule has 0 aliphatic carbocycles. The first-order chi connectivity index (χ1) is 16.4. The number of anilines is 3. The minimum atomic E-state index is -0.417. The van der Waals surface area contributed by atoms with Gasteiger partial charge in [-0.1, -0.05) is 30.3 Å². The molecule has 0 aromatic heterocycles. The molecule has 3 amide bonds. The van der Waals surface area contributed by atoms with Gasteiger partial charge in [-0.15, -0.1) is 0 Å². The molecule has 0 bridgehead atoms. The third-order valence-electron chi connectivity index (χ3n) is 4.79. The van der Waals surface area contributed by atoms with Gasteiger partial charge in [0.15, 0.2) is 17.3 Å². The number of ketones is 1. The molecule has 0 saturated heterocycles. The number of amides is 3. The normalized spacial score (nSPS) is 10.4. The van der Waals surface area contributed by atoms with Crippen molar-refractivity contribution >= 4 is 40.9 Å². The van der Waals surface area contributed by atoms with Crippen molar-refractivity contribution in [1.29, 1.82) is 0 Å². The first-order valence-corrected chi connectivity index (χ1v) is 10.4. The van der Waals surface area contributed by atoms with E-state index in [2.05, 4.69) is 16.0 Å². The number of benzene rings is 3. The fraction of sp³-hybridized carbons (Fsp3) is 0.115. The van der Waals surface area contributed by atoms with Gasteiger partial charge in [0.1, 0.15) is 0 Å². The number of methoxy groups -OCH3 is 2. The van der Waals surface area contributed by atoms with E-state index < -0.39 is 5.91 Å². The van der Waals surface area contributed by atoms with Crippen LogP contribution < -0.4 is 25.4 Å². The molecule has 8 nitrogen and oxygen atoms in total. The van der Waals surface area contributed by atoms with Crippen molar-refractivity contribution in [3.8, 4) is 11.5 Å². The van der Waals surface area contributed by atoms with Gasteiger partial charge < -0.3 is 25.4 Å². The van der Waals surface area contributed by atoms with Gasteiger partial charge in [-0.2, -0.15) is 0 Å². The van der Waals surface area contributed by atoms with E-state index in [1.807, 2.05) is 18.2 Å². The molecule has 0 fully saturated rings. The van der Waals surface area contributed by atoms with Crippen LogP contribution in [-0.2, 0) is 4.79 Å². The summed E-state index contributed by atoms with van der Waals surface area (Å²) in [6.45, 7) is 1.41. The molecule has 3 rings (SSSR count). The number of para-hydroxylation sites is 1. The average Bonchev–Trinajstić information content (AvgIpc) is 2.83. The molecule has 3 aromatic rings. The number of hydrogen-bond donors (Lipinski definition) is 3. The van der Waals surface area contributed by atoms with Crippen molar-refractivity contribution in [3.63, 3.8) is 0 Å². The number of urea groups is 1. The summed E-state index contributed by atoms with van der Waals surface area (Å²) >= 11 is 0. The van der Waals surface area contributed by atoms with E-state index in [1.165, 1.54) is 33.3 Å². The molecule has 8 heteroatoms. The Morgan fingerprint density at radius 1 is 0.765 bits per heavy atom. The molecule has 0 heterocycles. The summed E-state index contributed by atoms with van der Waals surface area (Å²) in [5, 5.41) is 8.18. The summed E-state index contributed by atoms with van der Waals surface area (Å²) in [6.07, 6.45) is 2.97. The van der Waals surface area contributed by atoms with Crippen molar-refractivity contribution < 1.29 is 23.9 Å². The molecular formula is C26H25N3O5. The van der Waals surface area contributed by atoms with Crippen LogP contribution in [0.3, 0.4) is 0 Å². The summed E-state index contributed by atoms with van der Waals surface area (Å²) in [5.41, 5.74) is 2.68. The Hall–Kier alpha value is -4.59. The maximum atomic E-state index is 12.5. The highest BCUT2D eigenvalue weighted by atomic mass is 16.5. The van der Waals surface area contributed by atoms with Crippen molar-refractivity contribution in [1.82, 2.24) is 0 Å². The maximum Gasteiger partial charge on any atom is 0.323 e. The Morgan fingerprint density at radius 2 is 1.35 bits per heavy atom. The van der Waals surface area contributed by atoms with Crippen molar-refractivity contribution in [3.05, 3.63) is 83.9 Å². The van der Waals surface area contributed by atoms with Gasteiger partial charge in [0.2, 0.25) is 5.91 Å². The van der Waals surface area contributed by atoms with E-state index in [0.29, 0.717) is 34.1 Å². The Labute approximate surface area is 197 Å². The van der Waals surface area contributed by atoms with Crippen LogP contribution in [0.5, 0.6) is 11.5 Å². The highest BCUT2D eigenvalue weighted by Crippen LogP contribution is 2.33. The van der Waals surface area contributed by atoms with Crippen molar-refractivity contribution in [2.24, 2.45) is 0 Å². The zero-order chi connectivity index (χ0) is 24.5. The third-order valence-corrected chi connectivity index (χ3v) is 4.79. The summed E-state index contributed by atoms with van der Waals surface area (Å²) in [5.74, 6) is 0.150. The number of hydrogen-bond acceptors (Lipinski definition) is 5. The first kappa shape index (κ1) is 24.1. The topological polar surface area (TPSA) is 106 Å². The molecule has 34 heavy (non-hydrogen) atoms. The predicted octanol–water partition coefficient (Wildman–Crippen LogP) is 5.20. The molecule has 3 N–H and O–H groups in total. The summed E-state index contributed by atoms with van der Waals surface area (Å²) in [6, 6.07) is 18.8. The highest BCUT2D eigenvalue weighted by Gasteiger charge is 2.15. The standard InChI is InChI=1S/C26H25N3O5/c1-17(30)21-15-23(33-2)24(34-3)16-22(21)29-25(31)14-11-18-9-12-20(13-10-18)28-26(32)27-19-7-5-4-6-8-19/h4-16H,1-3H3,(H,29,31)(H2,27,28,32). The molecule has 0 atom stereocenters. The maximum absolute atomic E-state index is 12.5. The summed E-state index contributed by atoms with van der Waals surface area (Å²) in [4.78, 5) is 36.5. The van der Waals surface area contributed by atoms with Crippen LogP contribution in [0.4, 0.5) is 21.9 Å². The number of Topliss-reactive ketones (excluding diaryl/α,β-unsaturated/α-hetero) is 1. The van der Waals surface area contributed by atoms with Gasteiger partial charge in [0.25, 0.3) is 0 Å². The number of rotatable bonds is 8. The minimum absolute atomic E-state index is 0.223. The Balaban J connectivity index is 1.63. The van der Waals surface area contributed by atoms with Crippen LogP contribution in [0, 0.1) is 0 Å². The SMILES string of the molecule is COc1cc(NC(=O)C=Cc2ccc(NC(=O)Nc3ccccc3)cc2)c(C(C)=O)cc1OC. The second kappa shape index (κ2) is 11.3. The highest BCUT2D eigenvalue weighted by molar-refractivity contribution is 6.08. The van der Waals surface area contributed by atoms with E-state index in [1.54, 1.807) is 48.5 Å². The van der Waals surface area contributed by atoms with E-state index in [0.717, 1.165) is 5.56 Å².